The number of anilines is 1. The topological polar surface area (TPSA) is 75.0 Å². The lowest BCUT2D eigenvalue weighted by Gasteiger charge is -2.31. The van der Waals surface area contributed by atoms with Crippen LogP contribution in [0.2, 0.25) is 0 Å². The number of aryl methyl sites for hydroxylation is 1. The zero-order valence-corrected chi connectivity index (χ0v) is 11.0. The Balaban J connectivity index is 2.15. The molecule has 1 unspecified atom stereocenters. The van der Waals surface area contributed by atoms with Gasteiger partial charge in [0.2, 0.25) is 0 Å². The lowest BCUT2D eigenvalue weighted by Crippen LogP contribution is -2.42. The number of nitrogens with two attached hydrogens (primary N) is 1. The number of thioether (sulfide) groups is 1. The number of hydrogen-bond acceptors (Lipinski definition) is 4. The Morgan fingerprint density at radius 3 is 3.06 bits per heavy atom. The largest absolute Gasteiger partial charge is 0.382 e. The average Bonchev–Trinajstić information content (AvgIpc) is 2.68. The summed E-state index contributed by atoms with van der Waals surface area (Å²) in [6, 6.07) is 0. The van der Waals surface area contributed by atoms with Gasteiger partial charge in [0.25, 0.3) is 5.91 Å². The highest BCUT2D eigenvalue weighted by molar-refractivity contribution is 8.00. The predicted molar refractivity (Wildman–Crippen MR) is 70.2 cm³/mol. The summed E-state index contributed by atoms with van der Waals surface area (Å²) in [5.74, 6) is 1.31. The van der Waals surface area contributed by atoms with Crippen LogP contribution in [-0.2, 0) is 0 Å². The maximum atomic E-state index is 12.3. The Bertz CT molecular complexity index is 398. The van der Waals surface area contributed by atoms with Crippen LogP contribution >= 0.6 is 11.8 Å². The number of carbonyl (C=O) groups is 1. The summed E-state index contributed by atoms with van der Waals surface area (Å²) in [7, 11) is 0. The van der Waals surface area contributed by atoms with Crippen molar-refractivity contribution < 1.29 is 4.79 Å². The molecule has 1 fully saturated rings. The van der Waals surface area contributed by atoms with Crippen LogP contribution in [0, 0.1) is 6.92 Å². The smallest absolute Gasteiger partial charge is 0.259 e. The Morgan fingerprint density at radius 2 is 2.47 bits per heavy atom. The van der Waals surface area contributed by atoms with E-state index in [9.17, 15) is 4.79 Å². The van der Waals surface area contributed by atoms with Crippen LogP contribution in [0.1, 0.15) is 29.4 Å². The molecular formula is C11H18N4OS. The van der Waals surface area contributed by atoms with Gasteiger partial charge in [-0.25, -0.2) is 0 Å². The third kappa shape index (κ3) is 2.41. The van der Waals surface area contributed by atoms with E-state index in [1.807, 2.05) is 23.6 Å². The summed E-state index contributed by atoms with van der Waals surface area (Å²) in [6.07, 6.45) is 1.09. The van der Waals surface area contributed by atoms with E-state index < -0.39 is 0 Å². The van der Waals surface area contributed by atoms with Crippen molar-refractivity contribution in [1.29, 1.82) is 0 Å². The van der Waals surface area contributed by atoms with Crippen LogP contribution in [0.4, 0.5) is 5.82 Å². The number of carbonyl (C=O) groups excluding carboxylic acids is 1. The van der Waals surface area contributed by atoms with Crippen LogP contribution < -0.4 is 5.73 Å². The fourth-order valence-corrected chi connectivity index (χ4v) is 3.21. The van der Waals surface area contributed by atoms with E-state index in [0.717, 1.165) is 31.0 Å². The van der Waals surface area contributed by atoms with E-state index in [-0.39, 0.29) is 5.91 Å². The summed E-state index contributed by atoms with van der Waals surface area (Å²) >= 11 is 1.94. The quantitative estimate of drug-likeness (QED) is 0.833. The number of amides is 1. The van der Waals surface area contributed by atoms with Crippen molar-refractivity contribution in [2.45, 2.75) is 25.5 Å². The summed E-state index contributed by atoms with van der Waals surface area (Å²) in [5, 5.41) is 7.17. The number of nitrogens with one attached hydrogen (secondary N) is 1. The van der Waals surface area contributed by atoms with Crippen molar-refractivity contribution in [3.05, 3.63) is 11.3 Å². The number of nitrogens with zero attached hydrogens (tertiary/aromatic N) is 2. The van der Waals surface area contributed by atoms with Crippen molar-refractivity contribution in [1.82, 2.24) is 15.1 Å². The number of hydrogen-bond donors (Lipinski definition) is 2. The van der Waals surface area contributed by atoms with Gasteiger partial charge in [0, 0.05) is 29.8 Å². The van der Waals surface area contributed by atoms with E-state index in [2.05, 4.69) is 17.1 Å². The molecule has 1 aromatic heterocycles. The van der Waals surface area contributed by atoms with Gasteiger partial charge in [0.15, 0.2) is 5.82 Å². The molecule has 0 saturated carbocycles. The zero-order chi connectivity index (χ0) is 12.4. The van der Waals surface area contributed by atoms with Gasteiger partial charge in [-0.15, -0.1) is 0 Å². The van der Waals surface area contributed by atoms with Crippen molar-refractivity contribution >= 4 is 23.5 Å². The molecule has 0 radical (unpaired) electrons. The first-order valence-electron chi connectivity index (χ1n) is 5.84. The van der Waals surface area contributed by atoms with E-state index in [0.29, 0.717) is 16.6 Å². The molecular weight excluding hydrogens is 236 g/mol. The SMILES string of the molecule is CCC1CN(C(=O)c2c(N)n[nH]c2C)CCS1. The molecule has 6 heteroatoms. The molecule has 3 N–H and O–H groups in total. The Hall–Kier alpha value is -1.17. The molecule has 5 nitrogen and oxygen atoms in total. The normalized spacial score (nSPS) is 20.6. The highest BCUT2D eigenvalue weighted by atomic mass is 32.2. The zero-order valence-electron chi connectivity index (χ0n) is 10.2. The van der Waals surface area contributed by atoms with Crippen molar-refractivity contribution in [2.24, 2.45) is 0 Å². The monoisotopic (exact) mass is 254 g/mol. The molecule has 0 aromatic carbocycles. The second-order valence-electron chi connectivity index (χ2n) is 4.26. The molecule has 0 spiro atoms. The molecule has 1 amide bonds. The van der Waals surface area contributed by atoms with Crippen LogP contribution in [0.15, 0.2) is 0 Å². The molecule has 1 atom stereocenters. The second-order valence-corrected chi connectivity index (χ2v) is 5.67. The maximum absolute atomic E-state index is 12.3. The van der Waals surface area contributed by atoms with Gasteiger partial charge in [-0.3, -0.25) is 9.89 Å². The van der Waals surface area contributed by atoms with Gasteiger partial charge >= 0.3 is 0 Å². The van der Waals surface area contributed by atoms with Gasteiger partial charge in [-0.1, -0.05) is 6.92 Å². The van der Waals surface area contributed by atoms with Gasteiger partial charge in [-0.05, 0) is 13.3 Å². The molecule has 2 heterocycles. The van der Waals surface area contributed by atoms with Gasteiger partial charge in [0.05, 0.1) is 0 Å². The third-order valence-corrected chi connectivity index (χ3v) is 4.44. The summed E-state index contributed by atoms with van der Waals surface area (Å²) in [5.41, 5.74) is 7.00. The first-order valence-corrected chi connectivity index (χ1v) is 6.89. The lowest BCUT2D eigenvalue weighted by molar-refractivity contribution is 0.0761. The standard InChI is InChI=1S/C11H18N4OS/c1-3-8-6-15(4-5-17-8)11(16)9-7(2)13-14-10(9)12/h8H,3-6H2,1-2H3,(H3,12,13,14). The third-order valence-electron chi connectivity index (χ3n) is 3.07. The summed E-state index contributed by atoms with van der Waals surface area (Å²) in [4.78, 5) is 14.2. The highest BCUT2D eigenvalue weighted by Crippen LogP contribution is 2.24. The van der Waals surface area contributed by atoms with Crippen molar-refractivity contribution in [3.8, 4) is 0 Å². The summed E-state index contributed by atoms with van der Waals surface area (Å²) in [6.45, 7) is 5.59. The summed E-state index contributed by atoms with van der Waals surface area (Å²) < 4.78 is 0. The molecule has 94 valence electrons. The van der Waals surface area contributed by atoms with Crippen LogP contribution in [0.3, 0.4) is 0 Å². The fraction of sp³-hybridized carbons (Fsp3) is 0.636. The van der Waals surface area contributed by atoms with Crippen LogP contribution in [0.25, 0.3) is 0 Å². The highest BCUT2D eigenvalue weighted by Gasteiger charge is 2.27. The molecule has 1 aliphatic heterocycles. The molecule has 1 saturated heterocycles. The Kier molecular flexibility index (Phi) is 3.61. The average molecular weight is 254 g/mol. The molecule has 2 rings (SSSR count). The van der Waals surface area contributed by atoms with E-state index in [4.69, 9.17) is 5.73 Å². The van der Waals surface area contributed by atoms with Gasteiger partial charge in [-0.2, -0.15) is 16.9 Å². The van der Waals surface area contributed by atoms with E-state index in [1.165, 1.54) is 0 Å². The molecule has 17 heavy (non-hydrogen) atoms. The maximum Gasteiger partial charge on any atom is 0.259 e. The number of nitrogen functional groups attached to an aromatic ring is 1. The van der Waals surface area contributed by atoms with E-state index in [1.54, 1.807) is 0 Å². The van der Waals surface area contributed by atoms with Crippen LogP contribution in [0.5, 0.6) is 0 Å². The molecule has 1 aromatic rings. The molecule has 0 bridgehead atoms. The first kappa shape index (κ1) is 12.3. The van der Waals surface area contributed by atoms with Gasteiger partial charge in [0.1, 0.15) is 5.56 Å². The van der Waals surface area contributed by atoms with Crippen LogP contribution in [-0.4, -0.2) is 45.1 Å². The second kappa shape index (κ2) is 5.00. The molecule has 0 aliphatic carbocycles. The molecule has 1 aliphatic rings. The minimum atomic E-state index is 0.00694. The number of aromatic amines is 1. The first-order chi connectivity index (χ1) is 8.13. The fourth-order valence-electron chi connectivity index (χ4n) is 2.03. The predicted octanol–water partition coefficient (Wildman–Crippen LogP) is 1.27. The minimum Gasteiger partial charge on any atom is -0.382 e. The van der Waals surface area contributed by atoms with Gasteiger partial charge < -0.3 is 10.6 Å². The lowest BCUT2D eigenvalue weighted by atomic mass is 10.2. The van der Waals surface area contributed by atoms with Crippen molar-refractivity contribution in [3.63, 3.8) is 0 Å². The number of aromatic nitrogens is 2. The Morgan fingerprint density at radius 1 is 1.71 bits per heavy atom. The number of rotatable bonds is 2. The number of H-pyrrole nitrogens is 1. The van der Waals surface area contributed by atoms with E-state index >= 15 is 0 Å². The van der Waals surface area contributed by atoms with Crippen molar-refractivity contribution in [2.75, 3.05) is 24.6 Å². The minimum absolute atomic E-state index is 0.00694. The Labute approximate surface area is 105 Å².